The Morgan fingerprint density at radius 2 is 0.931 bits per heavy atom. The van der Waals surface area contributed by atoms with Crippen LogP contribution in [0.25, 0.3) is 0 Å². The molecule has 6 nitrogen and oxygen atoms in total. The van der Waals surface area contributed by atoms with Gasteiger partial charge in [0.15, 0.2) is 0 Å². The molecule has 0 spiro atoms. The van der Waals surface area contributed by atoms with Crippen LogP contribution in [0.1, 0.15) is 129 Å². The van der Waals surface area contributed by atoms with Crippen LogP contribution >= 0.6 is 0 Å². The number of primary sulfonamides is 1. The molecule has 0 saturated carbocycles. The highest BCUT2D eigenvalue weighted by Crippen LogP contribution is 2.13. The molecule has 3 N–H and O–H groups in total. The van der Waals surface area contributed by atoms with Gasteiger partial charge >= 0.3 is 5.97 Å². The van der Waals surface area contributed by atoms with Crippen LogP contribution in [0, 0.1) is 0 Å². The van der Waals surface area contributed by atoms with Crippen molar-refractivity contribution in [3.63, 3.8) is 0 Å². The molecule has 0 aliphatic carbocycles. The normalized spacial score (nSPS) is 11.0. The van der Waals surface area contributed by atoms with E-state index in [1.54, 1.807) is 0 Å². The summed E-state index contributed by atoms with van der Waals surface area (Å²) in [4.78, 5) is 20.9. The van der Waals surface area contributed by atoms with Crippen molar-refractivity contribution in [3.05, 3.63) is 0 Å². The van der Waals surface area contributed by atoms with Crippen LogP contribution in [0.4, 0.5) is 0 Å². The summed E-state index contributed by atoms with van der Waals surface area (Å²) in [7, 11) is -3.96. The standard InChI is InChI=1S/C16H33NO3S.C6H12O2/c1-2-3-4-5-6-7-8-9-10-11-12-13-14-15-16(18)21(17,19)20;1-2-3-4-5-6(7)8/h2-15H2,1H3,(H2,17,19,20);2-5H2,1H3,(H,7,8). The molecule has 0 unspecified atom stereocenters. The molecule has 0 rings (SSSR count). The largest absolute Gasteiger partial charge is 0.481 e. The van der Waals surface area contributed by atoms with Crippen molar-refractivity contribution in [1.29, 1.82) is 0 Å². The van der Waals surface area contributed by atoms with E-state index in [4.69, 9.17) is 10.2 Å². The number of carboxylic acids is 1. The molecule has 0 amide bonds. The average molecular weight is 436 g/mol. The van der Waals surface area contributed by atoms with E-state index in [9.17, 15) is 18.0 Å². The van der Waals surface area contributed by atoms with Gasteiger partial charge in [0.05, 0.1) is 0 Å². The zero-order valence-electron chi connectivity index (χ0n) is 18.8. The summed E-state index contributed by atoms with van der Waals surface area (Å²) in [6, 6.07) is 0. The molecule has 0 aliphatic rings. The Balaban J connectivity index is 0. The first kappa shape index (κ1) is 30.2. The van der Waals surface area contributed by atoms with Crippen LogP contribution in [0.5, 0.6) is 0 Å². The maximum atomic E-state index is 11.1. The Kier molecular flexibility index (Phi) is 22.7. The first-order valence-electron chi connectivity index (χ1n) is 11.5. The summed E-state index contributed by atoms with van der Waals surface area (Å²) in [5.74, 6) is -0.682. The smallest absolute Gasteiger partial charge is 0.303 e. The van der Waals surface area contributed by atoms with E-state index < -0.39 is 21.1 Å². The lowest BCUT2D eigenvalue weighted by Crippen LogP contribution is -2.22. The van der Waals surface area contributed by atoms with Crippen LogP contribution in [0.2, 0.25) is 0 Å². The summed E-state index contributed by atoms with van der Waals surface area (Å²) in [6.45, 7) is 4.30. The van der Waals surface area contributed by atoms with Gasteiger partial charge < -0.3 is 5.11 Å². The molecular formula is C22H45NO5S. The molecule has 174 valence electrons. The second-order valence-corrected chi connectivity index (χ2v) is 9.31. The number of aliphatic carboxylic acids is 1. The zero-order chi connectivity index (χ0) is 22.4. The molecule has 0 atom stereocenters. The predicted octanol–water partition coefficient (Wildman–Crippen LogP) is 5.93. The second kappa shape index (κ2) is 21.8. The van der Waals surface area contributed by atoms with Crippen molar-refractivity contribution in [2.24, 2.45) is 5.14 Å². The Labute approximate surface area is 179 Å². The van der Waals surface area contributed by atoms with Crippen molar-refractivity contribution >= 4 is 21.1 Å². The van der Waals surface area contributed by atoms with Crippen LogP contribution in [-0.2, 0) is 19.6 Å². The molecule has 0 aromatic rings. The van der Waals surface area contributed by atoms with Gasteiger partial charge in [-0.2, -0.15) is 0 Å². The van der Waals surface area contributed by atoms with Gasteiger partial charge in [-0.3, -0.25) is 9.59 Å². The summed E-state index contributed by atoms with van der Waals surface area (Å²) >= 11 is 0. The van der Waals surface area contributed by atoms with E-state index in [1.165, 1.54) is 64.2 Å². The van der Waals surface area contributed by atoms with Crippen molar-refractivity contribution in [2.75, 3.05) is 0 Å². The highest BCUT2D eigenvalue weighted by molar-refractivity contribution is 8.04. The molecular weight excluding hydrogens is 390 g/mol. The Morgan fingerprint density at radius 1 is 0.621 bits per heavy atom. The number of nitrogens with two attached hydrogens (primary N) is 1. The number of carbonyl (C=O) groups excluding carboxylic acids is 1. The van der Waals surface area contributed by atoms with Gasteiger partial charge in [0.1, 0.15) is 0 Å². The third kappa shape index (κ3) is 27.1. The van der Waals surface area contributed by atoms with Crippen LogP contribution in [-0.4, -0.2) is 24.6 Å². The Bertz CT molecular complexity index is 491. The number of carboxylic acid groups (broad SMARTS) is 1. The summed E-state index contributed by atoms with van der Waals surface area (Å²) in [6.07, 6.45) is 19.2. The predicted molar refractivity (Wildman–Crippen MR) is 120 cm³/mol. The minimum absolute atomic E-state index is 0.0661. The summed E-state index contributed by atoms with van der Waals surface area (Å²) < 4.78 is 21.4. The Morgan fingerprint density at radius 3 is 1.28 bits per heavy atom. The van der Waals surface area contributed by atoms with E-state index in [0.717, 1.165) is 32.1 Å². The molecule has 0 aromatic heterocycles. The lowest BCUT2D eigenvalue weighted by atomic mass is 10.0. The zero-order valence-corrected chi connectivity index (χ0v) is 19.6. The molecule has 0 aliphatic heterocycles. The SMILES string of the molecule is CCCCCC(=O)O.CCCCCCCCCCCCCCCC(=O)S(N)(=O)=O. The first-order valence-corrected chi connectivity index (χ1v) is 13.1. The minimum Gasteiger partial charge on any atom is -0.481 e. The van der Waals surface area contributed by atoms with Crippen LogP contribution in [0.3, 0.4) is 0 Å². The quantitative estimate of drug-likeness (QED) is 0.259. The van der Waals surface area contributed by atoms with E-state index in [2.05, 4.69) is 13.8 Å². The van der Waals surface area contributed by atoms with E-state index in [-0.39, 0.29) is 6.42 Å². The van der Waals surface area contributed by atoms with Crippen molar-refractivity contribution in [3.8, 4) is 0 Å². The van der Waals surface area contributed by atoms with Crippen molar-refractivity contribution in [2.45, 2.75) is 129 Å². The molecule has 0 fully saturated rings. The highest BCUT2D eigenvalue weighted by atomic mass is 32.2. The van der Waals surface area contributed by atoms with Gasteiger partial charge in [-0.05, 0) is 12.8 Å². The van der Waals surface area contributed by atoms with Crippen molar-refractivity contribution < 1.29 is 23.1 Å². The molecule has 0 radical (unpaired) electrons. The number of carbonyl (C=O) groups is 2. The van der Waals surface area contributed by atoms with Gasteiger partial charge in [0.25, 0.3) is 15.1 Å². The number of hydrogen-bond donors (Lipinski definition) is 2. The van der Waals surface area contributed by atoms with E-state index in [0.29, 0.717) is 12.8 Å². The monoisotopic (exact) mass is 435 g/mol. The molecule has 29 heavy (non-hydrogen) atoms. The number of hydrogen-bond acceptors (Lipinski definition) is 4. The number of sulfonamides is 1. The molecule has 0 heterocycles. The number of unbranched alkanes of at least 4 members (excludes halogenated alkanes) is 14. The average Bonchev–Trinajstić information content (AvgIpc) is 2.65. The fourth-order valence-electron chi connectivity index (χ4n) is 2.96. The third-order valence-electron chi connectivity index (χ3n) is 4.80. The lowest BCUT2D eigenvalue weighted by Gasteiger charge is -2.02. The van der Waals surface area contributed by atoms with Gasteiger partial charge in [-0.1, -0.05) is 104 Å². The van der Waals surface area contributed by atoms with Crippen LogP contribution < -0.4 is 5.14 Å². The first-order chi connectivity index (χ1) is 13.8. The Hall–Kier alpha value is -0.950. The fraction of sp³-hybridized carbons (Fsp3) is 0.909. The maximum Gasteiger partial charge on any atom is 0.303 e. The van der Waals surface area contributed by atoms with Gasteiger partial charge in [-0.15, -0.1) is 0 Å². The maximum absolute atomic E-state index is 11.1. The topological polar surface area (TPSA) is 115 Å². The molecule has 7 heteroatoms. The summed E-state index contributed by atoms with van der Waals surface area (Å²) in [5, 5.41) is 12.1. The highest BCUT2D eigenvalue weighted by Gasteiger charge is 2.14. The molecule has 0 saturated heterocycles. The van der Waals surface area contributed by atoms with Crippen LogP contribution in [0.15, 0.2) is 0 Å². The van der Waals surface area contributed by atoms with E-state index >= 15 is 0 Å². The van der Waals surface area contributed by atoms with Gasteiger partial charge in [0.2, 0.25) is 0 Å². The third-order valence-corrected chi connectivity index (χ3v) is 5.63. The van der Waals surface area contributed by atoms with Gasteiger partial charge in [0, 0.05) is 12.8 Å². The number of rotatable bonds is 18. The fourth-order valence-corrected chi connectivity index (χ4v) is 3.38. The van der Waals surface area contributed by atoms with Crippen molar-refractivity contribution in [1.82, 2.24) is 0 Å². The lowest BCUT2D eigenvalue weighted by molar-refractivity contribution is -0.137. The second-order valence-electron chi connectivity index (χ2n) is 7.76. The van der Waals surface area contributed by atoms with Gasteiger partial charge in [-0.25, -0.2) is 13.6 Å². The van der Waals surface area contributed by atoms with E-state index in [1.807, 2.05) is 0 Å². The minimum atomic E-state index is -3.96. The summed E-state index contributed by atoms with van der Waals surface area (Å²) in [5.41, 5.74) is 0. The molecule has 0 bridgehead atoms. The molecule has 0 aromatic carbocycles.